The molecule has 64 heavy (non-hydrogen) atoms. The number of hydrogen-bond donors (Lipinski definition) is 3. The van der Waals surface area contributed by atoms with Crippen molar-refractivity contribution in [1.82, 2.24) is 5.32 Å². The van der Waals surface area contributed by atoms with Gasteiger partial charge in [-0.2, -0.15) is 0 Å². The molecule has 0 aliphatic carbocycles. The van der Waals surface area contributed by atoms with Crippen molar-refractivity contribution in [3.8, 4) is 0 Å². The second-order valence-electron chi connectivity index (χ2n) is 20.0. The summed E-state index contributed by atoms with van der Waals surface area (Å²) in [6, 6.07) is -0.548. The van der Waals surface area contributed by atoms with E-state index in [1.807, 2.05) is 0 Å². The molecule has 0 heterocycles. The maximum absolute atomic E-state index is 12.5. The van der Waals surface area contributed by atoms with Crippen molar-refractivity contribution in [2.24, 2.45) is 0 Å². The van der Waals surface area contributed by atoms with Gasteiger partial charge in [-0.25, -0.2) is 0 Å². The fourth-order valence-corrected chi connectivity index (χ4v) is 9.11. The molecule has 1 amide bonds. The van der Waals surface area contributed by atoms with Crippen molar-refractivity contribution in [2.75, 3.05) is 13.2 Å². The van der Waals surface area contributed by atoms with Gasteiger partial charge in [-0.3, -0.25) is 9.59 Å². The third-order valence-corrected chi connectivity index (χ3v) is 13.6. The SMILES string of the molecule is CCCCCCCC/C=C\CCCCCCCCCCCC(=O)OCCCCCCCCCCCCCCCCC(=O)NC(CO)C(O)CCCCCCCCCCCCCCCC. The van der Waals surface area contributed by atoms with Crippen LogP contribution in [0.4, 0.5) is 0 Å². The number of aliphatic hydroxyl groups is 2. The maximum atomic E-state index is 12.5. The van der Waals surface area contributed by atoms with E-state index >= 15 is 0 Å². The highest BCUT2D eigenvalue weighted by Gasteiger charge is 2.20. The molecule has 0 aromatic heterocycles. The number of amides is 1. The average molecular weight is 905 g/mol. The number of nitrogens with one attached hydrogen (secondary N) is 1. The normalized spacial score (nSPS) is 12.6. The highest BCUT2D eigenvalue weighted by molar-refractivity contribution is 5.76. The van der Waals surface area contributed by atoms with Crippen LogP contribution in [0.1, 0.15) is 322 Å². The molecular formula is C58H113NO5. The molecule has 2 unspecified atom stereocenters. The molecule has 0 spiro atoms. The molecule has 0 saturated heterocycles. The first-order valence-electron chi connectivity index (χ1n) is 28.9. The molecule has 0 fully saturated rings. The average Bonchev–Trinajstić information content (AvgIpc) is 3.29. The molecule has 0 aromatic rings. The number of allylic oxidation sites excluding steroid dienone is 2. The van der Waals surface area contributed by atoms with Crippen molar-refractivity contribution in [3.05, 3.63) is 12.2 Å². The first-order chi connectivity index (χ1) is 31.5. The number of esters is 1. The minimum atomic E-state index is -0.670. The molecule has 3 N–H and O–H groups in total. The van der Waals surface area contributed by atoms with Crippen LogP contribution in [-0.4, -0.2) is 47.4 Å². The van der Waals surface area contributed by atoms with Crippen LogP contribution in [0.15, 0.2) is 12.2 Å². The largest absolute Gasteiger partial charge is 0.466 e. The van der Waals surface area contributed by atoms with Gasteiger partial charge in [0, 0.05) is 12.8 Å². The molecule has 0 saturated carbocycles. The van der Waals surface area contributed by atoms with E-state index in [0.29, 0.717) is 25.9 Å². The zero-order valence-corrected chi connectivity index (χ0v) is 43.3. The predicted molar refractivity (Wildman–Crippen MR) is 278 cm³/mol. The van der Waals surface area contributed by atoms with Crippen LogP contribution in [0.5, 0.6) is 0 Å². The van der Waals surface area contributed by atoms with Crippen LogP contribution < -0.4 is 5.32 Å². The number of hydrogen-bond acceptors (Lipinski definition) is 5. The Hall–Kier alpha value is -1.40. The minimum Gasteiger partial charge on any atom is -0.466 e. The number of carbonyl (C=O) groups is 2. The van der Waals surface area contributed by atoms with Crippen molar-refractivity contribution in [1.29, 1.82) is 0 Å². The number of rotatable bonds is 54. The van der Waals surface area contributed by atoms with Crippen LogP contribution in [0.2, 0.25) is 0 Å². The lowest BCUT2D eigenvalue weighted by molar-refractivity contribution is -0.143. The van der Waals surface area contributed by atoms with E-state index in [0.717, 1.165) is 51.4 Å². The van der Waals surface area contributed by atoms with Gasteiger partial charge in [0.1, 0.15) is 0 Å². The molecule has 6 heteroatoms. The Morgan fingerprint density at radius 2 is 0.734 bits per heavy atom. The highest BCUT2D eigenvalue weighted by Crippen LogP contribution is 2.17. The fourth-order valence-electron chi connectivity index (χ4n) is 9.11. The third kappa shape index (κ3) is 50.0. The molecule has 2 atom stereocenters. The van der Waals surface area contributed by atoms with Crippen LogP contribution in [0.25, 0.3) is 0 Å². The Labute approximate surface area is 399 Å². The van der Waals surface area contributed by atoms with Crippen molar-refractivity contribution in [3.63, 3.8) is 0 Å². The number of unbranched alkanes of at least 4 members (excludes halogenated alkanes) is 41. The monoisotopic (exact) mass is 904 g/mol. The van der Waals surface area contributed by atoms with Gasteiger partial charge in [0.2, 0.25) is 5.91 Å². The first-order valence-corrected chi connectivity index (χ1v) is 28.9. The van der Waals surface area contributed by atoms with Crippen LogP contribution in [0.3, 0.4) is 0 Å². The Morgan fingerprint density at radius 1 is 0.422 bits per heavy atom. The quantitative estimate of drug-likeness (QED) is 0.0321. The van der Waals surface area contributed by atoms with Crippen LogP contribution in [0, 0.1) is 0 Å². The molecule has 0 aliphatic heterocycles. The lowest BCUT2D eigenvalue weighted by Crippen LogP contribution is -2.45. The van der Waals surface area contributed by atoms with E-state index < -0.39 is 12.1 Å². The summed E-state index contributed by atoms with van der Waals surface area (Å²) in [5.41, 5.74) is 0. The van der Waals surface area contributed by atoms with Gasteiger partial charge in [-0.05, 0) is 51.4 Å². The van der Waals surface area contributed by atoms with E-state index in [4.69, 9.17) is 4.74 Å². The summed E-state index contributed by atoms with van der Waals surface area (Å²) in [5, 5.41) is 23.2. The maximum Gasteiger partial charge on any atom is 0.305 e. The molecule has 0 rings (SSSR count). The third-order valence-electron chi connectivity index (χ3n) is 13.6. The topological polar surface area (TPSA) is 95.9 Å². The van der Waals surface area contributed by atoms with Gasteiger partial charge in [-0.1, -0.05) is 270 Å². The Balaban J connectivity index is 3.41. The number of ether oxygens (including phenoxy) is 1. The zero-order chi connectivity index (χ0) is 46.5. The second-order valence-corrected chi connectivity index (χ2v) is 20.0. The molecular weight excluding hydrogens is 791 g/mol. The number of carbonyl (C=O) groups excluding carboxylic acids is 2. The summed E-state index contributed by atoms with van der Waals surface area (Å²) in [6.07, 6.45) is 63.4. The second kappa shape index (κ2) is 54.2. The summed E-state index contributed by atoms with van der Waals surface area (Å²) < 4.78 is 5.49. The molecule has 0 radical (unpaired) electrons. The van der Waals surface area contributed by atoms with Gasteiger partial charge in [0.05, 0.1) is 25.4 Å². The smallest absolute Gasteiger partial charge is 0.305 e. The first kappa shape index (κ1) is 62.6. The van der Waals surface area contributed by atoms with Gasteiger partial charge in [-0.15, -0.1) is 0 Å². The lowest BCUT2D eigenvalue weighted by atomic mass is 10.0. The summed E-state index contributed by atoms with van der Waals surface area (Å²) in [6.45, 7) is 4.94. The van der Waals surface area contributed by atoms with Gasteiger partial charge in [0.15, 0.2) is 0 Å². The van der Waals surface area contributed by atoms with Crippen molar-refractivity contribution in [2.45, 2.75) is 334 Å². The van der Waals surface area contributed by atoms with E-state index in [2.05, 4.69) is 31.3 Å². The van der Waals surface area contributed by atoms with Gasteiger partial charge >= 0.3 is 5.97 Å². The van der Waals surface area contributed by atoms with Gasteiger partial charge < -0.3 is 20.3 Å². The molecule has 380 valence electrons. The summed E-state index contributed by atoms with van der Waals surface area (Å²) in [7, 11) is 0. The van der Waals surface area contributed by atoms with E-state index in [1.165, 1.54) is 238 Å². The molecule has 0 aliphatic rings. The van der Waals surface area contributed by atoms with Crippen molar-refractivity contribution >= 4 is 11.9 Å². The Bertz CT molecular complexity index is 955. The van der Waals surface area contributed by atoms with E-state index in [1.54, 1.807) is 0 Å². The molecule has 0 bridgehead atoms. The summed E-state index contributed by atoms with van der Waals surface area (Å²) in [4.78, 5) is 24.6. The van der Waals surface area contributed by atoms with Crippen molar-refractivity contribution < 1.29 is 24.5 Å². The lowest BCUT2D eigenvalue weighted by Gasteiger charge is -2.22. The summed E-state index contributed by atoms with van der Waals surface area (Å²) >= 11 is 0. The minimum absolute atomic E-state index is 0.00192. The molecule has 0 aromatic carbocycles. The summed E-state index contributed by atoms with van der Waals surface area (Å²) in [5.74, 6) is -0.0457. The predicted octanol–water partition coefficient (Wildman–Crippen LogP) is 17.7. The van der Waals surface area contributed by atoms with Gasteiger partial charge in [0.25, 0.3) is 0 Å². The Kier molecular flexibility index (Phi) is 53.0. The standard InChI is InChI=1S/C58H113NO5/c1-3-5-7-9-11-13-15-17-19-20-21-22-23-28-32-36-40-44-48-52-58(63)64-53-49-45-41-37-33-29-25-24-27-31-35-39-43-47-51-57(62)59-55(54-60)56(61)50-46-42-38-34-30-26-18-16-14-12-10-8-6-4-2/h17,19,55-56,60-61H,3-16,18,20-54H2,1-2H3,(H,59,62)/b19-17-. The number of aliphatic hydroxyl groups excluding tert-OH is 2. The molecule has 6 nitrogen and oxygen atoms in total. The zero-order valence-electron chi connectivity index (χ0n) is 43.3. The van der Waals surface area contributed by atoms with E-state index in [-0.39, 0.29) is 18.5 Å². The highest BCUT2D eigenvalue weighted by atomic mass is 16.5. The van der Waals surface area contributed by atoms with Crippen LogP contribution in [-0.2, 0) is 14.3 Å². The van der Waals surface area contributed by atoms with Crippen LogP contribution >= 0.6 is 0 Å². The van der Waals surface area contributed by atoms with E-state index in [9.17, 15) is 19.8 Å². The fraction of sp³-hybridized carbons (Fsp3) is 0.931. The Morgan fingerprint density at radius 3 is 1.11 bits per heavy atom.